The molecular formula is C7H12N4O5S. The third-order valence-electron chi connectivity index (χ3n) is 1.60. The first-order valence-corrected chi connectivity index (χ1v) is 5.64. The molecule has 0 bridgehead atoms. The van der Waals surface area contributed by atoms with Crippen LogP contribution in [0.25, 0.3) is 0 Å². The van der Waals surface area contributed by atoms with Crippen LogP contribution in [0.15, 0.2) is 5.10 Å². The molecule has 10 heteroatoms. The zero-order valence-corrected chi connectivity index (χ0v) is 9.77. The number of thioether (sulfide) groups is 1. The summed E-state index contributed by atoms with van der Waals surface area (Å²) in [6, 6.07) is -1.05. The van der Waals surface area contributed by atoms with Gasteiger partial charge in [0.1, 0.15) is 0 Å². The molecule has 0 aromatic heterocycles. The van der Waals surface area contributed by atoms with Crippen LogP contribution in [-0.2, 0) is 9.59 Å². The maximum Gasteiger partial charge on any atom is 0.303 e. The van der Waals surface area contributed by atoms with Crippen LogP contribution in [0, 0.1) is 10.1 Å². The summed E-state index contributed by atoms with van der Waals surface area (Å²) in [5.41, 5.74) is 5.39. The molecule has 96 valence electrons. The number of hydrazone groups is 1. The molecule has 9 nitrogen and oxygen atoms in total. The highest BCUT2D eigenvalue weighted by atomic mass is 32.2. The molecule has 0 aliphatic heterocycles. The van der Waals surface area contributed by atoms with E-state index in [1.54, 1.807) is 0 Å². The summed E-state index contributed by atoms with van der Waals surface area (Å²) in [7, 11) is 0. The summed E-state index contributed by atoms with van der Waals surface area (Å²) >= 11 is 0.873. The number of nitro groups is 1. The Labute approximate surface area is 101 Å². The van der Waals surface area contributed by atoms with Crippen molar-refractivity contribution in [3.05, 3.63) is 10.1 Å². The van der Waals surface area contributed by atoms with Gasteiger partial charge in [-0.3, -0.25) is 14.9 Å². The fourth-order valence-electron chi connectivity index (χ4n) is 0.799. The van der Waals surface area contributed by atoms with Crippen LogP contribution in [0.2, 0.25) is 0 Å². The number of carbonyl (C=O) groups excluding carboxylic acids is 1. The van der Waals surface area contributed by atoms with Gasteiger partial charge in [0.15, 0.2) is 5.03 Å². The van der Waals surface area contributed by atoms with Crippen LogP contribution in [0.5, 0.6) is 0 Å². The zero-order chi connectivity index (χ0) is 13.4. The molecule has 0 aliphatic carbocycles. The molecule has 0 rings (SSSR count). The molecule has 0 fully saturated rings. The maximum atomic E-state index is 11.4. The van der Waals surface area contributed by atoms with Crippen molar-refractivity contribution in [3.63, 3.8) is 0 Å². The number of nitrogens with one attached hydrogen (secondary N) is 1. The third-order valence-corrected chi connectivity index (χ3v) is 2.17. The number of amides is 1. The lowest BCUT2D eigenvalue weighted by molar-refractivity contribution is -0.484. The molecule has 4 N–H and O–H groups in total. The molecule has 0 aromatic carbocycles. The largest absolute Gasteiger partial charge is 0.481 e. The second-order valence-corrected chi connectivity index (χ2v) is 3.67. The number of carboxylic acid groups (broad SMARTS) is 1. The van der Waals surface area contributed by atoms with Gasteiger partial charge < -0.3 is 10.8 Å². The van der Waals surface area contributed by atoms with Crippen molar-refractivity contribution in [1.82, 2.24) is 5.32 Å². The minimum Gasteiger partial charge on any atom is -0.481 e. The fourth-order valence-corrected chi connectivity index (χ4v) is 1.15. The van der Waals surface area contributed by atoms with Gasteiger partial charge in [0, 0.05) is 6.42 Å². The van der Waals surface area contributed by atoms with Crippen molar-refractivity contribution >= 4 is 28.8 Å². The molecule has 0 unspecified atom stereocenters. The number of rotatable bonds is 5. The van der Waals surface area contributed by atoms with Gasteiger partial charge in [0.05, 0.1) is 11.1 Å². The van der Waals surface area contributed by atoms with Crippen molar-refractivity contribution in [3.8, 4) is 0 Å². The lowest BCUT2D eigenvalue weighted by Gasteiger charge is -2.09. The average Bonchev–Trinajstić information content (AvgIpc) is 2.23. The number of nitrogens with zero attached hydrogens (tertiary/aromatic N) is 2. The van der Waals surface area contributed by atoms with E-state index in [0.717, 1.165) is 11.8 Å². The Balaban J connectivity index is 4.31. The summed E-state index contributed by atoms with van der Waals surface area (Å²) in [5, 5.41) is 22.4. The lowest BCUT2D eigenvalue weighted by atomic mass is 10.1. The summed E-state index contributed by atoms with van der Waals surface area (Å²) in [6.07, 6.45) is 1.18. The second-order valence-electron chi connectivity index (χ2n) is 2.88. The minimum atomic E-state index is -1.07. The van der Waals surface area contributed by atoms with E-state index < -0.39 is 23.0 Å². The van der Waals surface area contributed by atoms with Crippen molar-refractivity contribution in [2.24, 2.45) is 10.8 Å². The van der Waals surface area contributed by atoms with Crippen molar-refractivity contribution in [1.29, 1.82) is 0 Å². The quantitative estimate of drug-likeness (QED) is 0.255. The number of carboxylic acids is 1. The van der Waals surface area contributed by atoms with E-state index in [0.29, 0.717) is 0 Å². The van der Waals surface area contributed by atoms with Gasteiger partial charge in [0.2, 0.25) is 11.1 Å². The molecule has 0 saturated heterocycles. The Hall–Kier alpha value is -1.68. The zero-order valence-electron chi connectivity index (χ0n) is 8.95. The highest BCUT2D eigenvalue weighted by Gasteiger charge is 2.17. The predicted octanol–water partition coefficient (Wildman–Crippen LogP) is -0.795. The maximum absolute atomic E-state index is 11.4. The fraction of sp³-hybridized carbons (Fsp3) is 0.571. The molecule has 0 saturated carbocycles. The minimum absolute atomic E-state index is 0.0543. The van der Waals surface area contributed by atoms with Crippen LogP contribution in [0.4, 0.5) is 0 Å². The van der Waals surface area contributed by atoms with Crippen LogP contribution >= 0.6 is 11.8 Å². The number of nitrogens with two attached hydrogens (primary N) is 1. The summed E-state index contributed by atoms with van der Waals surface area (Å²) in [5.74, 6) is -1.78. The number of hydrogen-bond donors (Lipinski definition) is 3. The lowest BCUT2D eigenvalue weighted by Crippen LogP contribution is -2.43. The Bertz CT molecular complexity index is 345. The first-order valence-electron chi connectivity index (χ1n) is 4.42. The summed E-state index contributed by atoms with van der Waals surface area (Å²) in [6.45, 7) is 0. The van der Waals surface area contributed by atoms with E-state index in [2.05, 4.69) is 10.4 Å². The highest BCUT2D eigenvalue weighted by Crippen LogP contribution is 1.99. The molecule has 0 aromatic rings. The molecule has 0 radical (unpaired) electrons. The molecule has 0 spiro atoms. The Kier molecular flexibility index (Phi) is 6.82. The number of amidine groups is 1. The average molecular weight is 264 g/mol. The van der Waals surface area contributed by atoms with E-state index >= 15 is 0 Å². The number of hydrogen-bond acceptors (Lipinski definition) is 6. The van der Waals surface area contributed by atoms with Crippen molar-refractivity contribution < 1.29 is 19.7 Å². The monoisotopic (exact) mass is 264 g/mol. The molecule has 1 atom stereocenters. The normalized spacial score (nSPS) is 12.9. The standard InChI is InChI=1S/C7H12N4O5S/c1-17-7(10-11(15)16)9-6(14)4(8)2-3-5(12)13/h4H,2-3,8H2,1H3,(H,12,13)(H,9,10,14)/t4-/m0/s1. The van der Waals surface area contributed by atoms with Gasteiger partial charge in [-0.25, -0.2) is 10.1 Å². The van der Waals surface area contributed by atoms with E-state index in [1.807, 2.05) is 0 Å². The van der Waals surface area contributed by atoms with Crippen LogP contribution in [0.3, 0.4) is 0 Å². The summed E-state index contributed by atoms with van der Waals surface area (Å²) in [4.78, 5) is 31.7. The highest BCUT2D eigenvalue weighted by molar-refractivity contribution is 8.13. The van der Waals surface area contributed by atoms with E-state index in [4.69, 9.17) is 10.8 Å². The Morgan fingerprint density at radius 3 is 2.65 bits per heavy atom. The van der Waals surface area contributed by atoms with Gasteiger partial charge >= 0.3 is 5.97 Å². The van der Waals surface area contributed by atoms with Gasteiger partial charge in [-0.2, -0.15) is 0 Å². The van der Waals surface area contributed by atoms with Crippen molar-refractivity contribution in [2.45, 2.75) is 18.9 Å². The summed E-state index contributed by atoms with van der Waals surface area (Å²) < 4.78 is 0. The number of aliphatic carboxylic acids is 1. The second kappa shape index (κ2) is 7.57. The Morgan fingerprint density at radius 2 is 2.24 bits per heavy atom. The Morgan fingerprint density at radius 1 is 1.65 bits per heavy atom. The van der Waals surface area contributed by atoms with Gasteiger partial charge in [-0.05, 0) is 12.7 Å². The molecular weight excluding hydrogens is 252 g/mol. The first kappa shape index (κ1) is 15.3. The van der Waals surface area contributed by atoms with Crippen LogP contribution < -0.4 is 11.1 Å². The van der Waals surface area contributed by atoms with Crippen LogP contribution in [-0.4, -0.2) is 39.5 Å². The van der Waals surface area contributed by atoms with Gasteiger partial charge in [-0.15, -0.1) is 0 Å². The topological polar surface area (TPSA) is 148 Å². The molecule has 17 heavy (non-hydrogen) atoms. The molecule has 0 aliphatic rings. The predicted molar refractivity (Wildman–Crippen MR) is 60.9 cm³/mol. The van der Waals surface area contributed by atoms with E-state index in [1.165, 1.54) is 6.26 Å². The SMILES string of the molecule is CSC(=N[N+](=O)[O-])NC(=O)[C@@H](N)CCC(=O)O. The van der Waals surface area contributed by atoms with E-state index in [-0.39, 0.29) is 18.0 Å². The van der Waals surface area contributed by atoms with E-state index in [9.17, 15) is 19.7 Å². The molecule has 1 amide bonds. The number of carbonyl (C=O) groups is 2. The smallest absolute Gasteiger partial charge is 0.303 e. The molecule has 0 heterocycles. The van der Waals surface area contributed by atoms with Crippen LogP contribution in [0.1, 0.15) is 12.8 Å². The third kappa shape index (κ3) is 7.25. The van der Waals surface area contributed by atoms with Gasteiger partial charge in [-0.1, -0.05) is 11.8 Å². The van der Waals surface area contributed by atoms with Gasteiger partial charge in [0.25, 0.3) is 0 Å². The first-order chi connectivity index (χ1) is 7.86. The van der Waals surface area contributed by atoms with Crippen molar-refractivity contribution in [2.75, 3.05) is 6.26 Å².